The molecule has 1 aliphatic heterocycles. The van der Waals surface area contributed by atoms with Crippen molar-refractivity contribution in [3.63, 3.8) is 0 Å². The molecule has 0 bridgehead atoms. The molecule has 1 amide bonds. The molecule has 22 heavy (non-hydrogen) atoms. The van der Waals surface area contributed by atoms with Crippen LogP contribution in [0.3, 0.4) is 0 Å². The predicted molar refractivity (Wildman–Crippen MR) is 80.0 cm³/mol. The lowest BCUT2D eigenvalue weighted by molar-refractivity contribution is -0.125. The Labute approximate surface area is 129 Å². The normalized spacial score (nSPS) is 26.5. The van der Waals surface area contributed by atoms with Crippen molar-refractivity contribution in [3.05, 3.63) is 23.6 Å². The van der Waals surface area contributed by atoms with Crippen molar-refractivity contribution < 1.29 is 13.9 Å². The number of amides is 1. The maximum atomic E-state index is 13.0. The van der Waals surface area contributed by atoms with Gasteiger partial charge in [-0.05, 0) is 51.8 Å². The largest absolute Gasteiger partial charge is 0.475 e. The SMILES string of the molecule is Cc1cc(F)cnc1OCC(C)(C)NC(=O)[C@@H]1C2CNC[C@H]21. The van der Waals surface area contributed by atoms with E-state index in [0.717, 1.165) is 19.3 Å². The summed E-state index contributed by atoms with van der Waals surface area (Å²) >= 11 is 0. The van der Waals surface area contributed by atoms with Crippen molar-refractivity contribution in [2.45, 2.75) is 26.3 Å². The summed E-state index contributed by atoms with van der Waals surface area (Å²) in [4.78, 5) is 16.2. The third kappa shape index (κ3) is 3.06. The Balaban J connectivity index is 1.53. The number of aryl methyl sites for hydroxylation is 1. The van der Waals surface area contributed by atoms with Gasteiger partial charge in [0.25, 0.3) is 0 Å². The third-order valence-corrected chi connectivity index (χ3v) is 4.42. The molecule has 6 heteroatoms. The first-order chi connectivity index (χ1) is 10.4. The highest BCUT2D eigenvalue weighted by molar-refractivity contribution is 5.83. The second-order valence-corrected chi connectivity index (χ2v) is 6.95. The van der Waals surface area contributed by atoms with E-state index in [-0.39, 0.29) is 17.6 Å². The Morgan fingerprint density at radius 2 is 2.18 bits per heavy atom. The van der Waals surface area contributed by atoms with E-state index in [1.807, 2.05) is 13.8 Å². The number of nitrogens with zero attached hydrogens (tertiary/aromatic N) is 1. The summed E-state index contributed by atoms with van der Waals surface area (Å²) in [6.07, 6.45) is 1.13. The predicted octanol–water partition coefficient (Wildman–Crippen LogP) is 1.27. The van der Waals surface area contributed by atoms with Crippen LogP contribution in [0, 0.1) is 30.5 Å². The van der Waals surface area contributed by atoms with Crippen LogP contribution in [0.2, 0.25) is 0 Å². The number of halogens is 1. The number of hydrogen-bond acceptors (Lipinski definition) is 4. The fourth-order valence-corrected chi connectivity index (χ4v) is 3.19. The fraction of sp³-hybridized carbons (Fsp3) is 0.625. The molecule has 0 spiro atoms. The van der Waals surface area contributed by atoms with Gasteiger partial charge in [0, 0.05) is 11.5 Å². The maximum absolute atomic E-state index is 13.0. The number of aromatic nitrogens is 1. The van der Waals surface area contributed by atoms with Crippen LogP contribution in [0.15, 0.2) is 12.3 Å². The van der Waals surface area contributed by atoms with Crippen molar-refractivity contribution in [3.8, 4) is 5.88 Å². The number of ether oxygens (including phenoxy) is 1. The number of nitrogens with one attached hydrogen (secondary N) is 2. The first-order valence-corrected chi connectivity index (χ1v) is 7.65. The molecule has 1 saturated heterocycles. The first kappa shape index (κ1) is 15.2. The summed E-state index contributed by atoms with van der Waals surface area (Å²) in [5, 5.41) is 6.34. The minimum Gasteiger partial charge on any atom is -0.475 e. The number of carbonyl (C=O) groups is 1. The van der Waals surface area contributed by atoms with E-state index in [0.29, 0.717) is 29.9 Å². The Morgan fingerprint density at radius 3 is 2.82 bits per heavy atom. The van der Waals surface area contributed by atoms with Gasteiger partial charge in [0.1, 0.15) is 12.4 Å². The zero-order valence-corrected chi connectivity index (χ0v) is 13.1. The highest BCUT2D eigenvalue weighted by atomic mass is 19.1. The molecular weight excluding hydrogens is 285 g/mol. The molecule has 2 aliphatic rings. The number of hydrogen-bond donors (Lipinski definition) is 2. The van der Waals surface area contributed by atoms with E-state index in [1.54, 1.807) is 6.92 Å². The highest BCUT2D eigenvalue weighted by Crippen LogP contribution is 2.48. The lowest BCUT2D eigenvalue weighted by atomic mass is 10.1. The summed E-state index contributed by atoms with van der Waals surface area (Å²) in [5.41, 5.74) is 0.147. The summed E-state index contributed by atoms with van der Waals surface area (Å²) in [6.45, 7) is 7.75. The van der Waals surface area contributed by atoms with E-state index in [4.69, 9.17) is 4.74 Å². The van der Waals surface area contributed by atoms with Gasteiger partial charge in [-0.3, -0.25) is 4.79 Å². The molecule has 3 rings (SSSR count). The molecule has 120 valence electrons. The molecule has 1 unspecified atom stereocenters. The fourth-order valence-electron chi connectivity index (χ4n) is 3.19. The molecule has 5 nitrogen and oxygen atoms in total. The molecular formula is C16H22FN3O2. The number of rotatable bonds is 5. The van der Waals surface area contributed by atoms with E-state index in [1.165, 1.54) is 6.07 Å². The number of carbonyl (C=O) groups excluding carboxylic acids is 1. The minimum atomic E-state index is -0.496. The summed E-state index contributed by atoms with van der Waals surface area (Å²) in [5.74, 6) is 1.26. The van der Waals surface area contributed by atoms with E-state index >= 15 is 0 Å². The Hall–Kier alpha value is -1.69. The van der Waals surface area contributed by atoms with Crippen LogP contribution >= 0.6 is 0 Å². The Kier molecular flexibility index (Phi) is 3.80. The maximum Gasteiger partial charge on any atom is 0.224 e. The van der Waals surface area contributed by atoms with Crippen molar-refractivity contribution in [2.75, 3.05) is 19.7 Å². The van der Waals surface area contributed by atoms with Crippen LogP contribution in [-0.4, -0.2) is 36.1 Å². The molecule has 1 aromatic rings. The highest BCUT2D eigenvalue weighted by Gasteiger charge is 2.57. The third-order valence-electron chi connectivity index (χ3n) is 4.42. The molecule has 1 aromatic heterocycles. The van der Waals surface area contributed by atoms with E-state index < -0.39 is 5.54 Å². The first-order valence-electron chi connectivity index (χ1n) is 7.65. The van der Waals surface area contributed by atoms with Crippen molar-refractivity contribution >= 4 is 5.91 Å². The standard InChI is InChI=1S/C16H22FN3O2/c1-9-4-10(17)5-19-15(9)22-8-16(2,3)20-14(21)13-11-6-18-7-12(11)13/h4-5,11-13,18H,6-8H2,1-3H3,(H,20,21)/t11-,12?,13+/m1/s1. The van der Waals surface area contributed by atoms with Crippen LogP contribution in [-0.2, 0) is 4.79 Å². The van der Waals surface area contributed by atoms with Crippen LogP contribution in [0.4, 0.5) is 4.39 Å². The van der Waals surface area contributed by atoms with Gasteiger partial charge in [-0.2, -0.15) is 0 Å². The Morgan fingerprint density at radius 1 is 1.50 bits per heavy atom. The average Bonchev–Trinajstić information content (AvgIpc) is 2.91. The smallest absolute Gasteiger partial charge is 0.224 e. The van der Waals surface area contributed by atoms with Gasteiger partial charge in [0.2, 0.25) is 11.8 Å². The molecule has 3 atom stereocenters. The molecule has 1 aliphatic carbocycles. The monoisotopic (exact) mass is 307 g/mol. The zero-order valence-electron chi connectivity index (χ0n) is 13.1. The molecule has 0 aromatic carbocycles. The average molecular weight is 307 g/mol. The van der Waals surface area contributed by atoms with Gasteiger partial charge in [0.15, 0.2) is 0 Å². The van der Waals surface area contributed by atoms with Gasteiger partial charge in [0.05, 0.1) is 11.7 Å². The summed E-state index contributed by atoms with van der Waals surface area (Å²) in [6, 6.07) is 1.38. The number of piperidine rings is 1. The van der Waals surface area contributed by atoms with Crippen molar-refractivity contribution in [2.24, 2.45) is 17.8 Å². The van der Waals surface area contributed by atoms with E-state index in [2.05, 4.69) is 15.6 Å². The van der Waals surface area contributed by atoms with Crippen LogP contribution in [0.5, 0.6) is 5.88 Å². The minimum absolute atomic E-state index is 0.105. The zero-order chi connectivity index (χ0) is 15.9. The Bertz CT molecular complexity index is 581. The molecule has 2 fully saturated rings. The quantitative estimate of drug-likeness (QED) is 0.860. The van der Waals surface area contributed by atoms with Crippen LogP contribution in [0.1, 0.15) is 19.4 Å². The van der Waals surface area contributed by atoms with E-state index in [9.17, 15) is 9.18 Å². The van der Waals surface area contributed by atoms with Gasteiger partial charge in [-0.15, -0.1) is 0 Å². The summed E-state index contributed by atoms with van der Waals surface area (Å²) in [7, 11) is 0. The van der Waals surface area contributed by atoms with Crippen LogP contribution < -0.4 is 15.4 Å². The van der Waals surface area contributed by atoms with Crippen molar-refractivity contribution in [1.29, 1.82) is 0 Å². The van der Waals surface area contributed by atoms with Crippen LogP contribution in [0.25, 0.3) is 0 Å². The van der Waals surface area contributed by atoms with Gasteiger partial charge in [-0.1, -0.05) is 0 Å². The molecule has 0 radical (unpaired) electrons. The molecule has 2 heterocycles. The molecule has 1 saturated carbocycles. The van der Waals surface area contributed by atoms with Gasteiger partial charge >= 0.3 is 0 Å². The lowest BCUT2D eigenvalue weighted by Crippen LogP contribution is -2.49. The number of fused-ring (bicyclic) bond motifs is 1. The number of pyridine rings is 1. The van der Waals surface area contributed by atoms with Crippen molar-refractivity contribution in [1.82, 2.24) is 15.6 Å². The van der Waals surface area contributed by atoms with Gasteiger partial charge < -0.3 is 15.4 Å². The molecule has 2 N–H and O–H groups in total. The van der Waals surface area contributed by atoms with Gasteiger partial charge in [-0.25, -0.2) is 9.37 Å². The second kappa shape index (κ2) is 5.50. The second-order valence-electron chi connectivity index (χ2n) is 6.95. The topological polar surface area (TPSA) is 63.2 Å². The summed E-state index contributed by atoms with van der Waals surface area (Å²) < 4.78 is 18.7. The lowest BCUT2D eigenvalue weighted by Gasteiger charge is -2.26.